The Morgan fingerprint density at radius 1 is 1.44 bits per heavy atom. The lowest BCUT2D eigenvalue weighted by atomic mass is 10.4. The van der Waals surface area contributed by atoms with Crippen molar-refractivity contribution in [2.75, 3.05) is 13.1 Å². The van der Waals surface area contributed by atoms with E-state index in [1.807, 2.05) is 0 Å². The van der Waals surface area contributed by atoms with Gasteiger partial charge in [-0.25, -0.2) is 8.49 Å². The molecule has 0 spiro atoms. The molecule has 1 unspecified atom stereocenters. The van der Waals surface area contributed by atoms with E-state index < -0.39 is 11.4 Å². The molecule has 1 aliphatic rings. The van der Waals surface area contributed by atoms with Gasteiger partial charge in [0.1, 0.15) is 11.4 Å². The highest BCUT2D eigenvalue weighted by Gasteiger charge is 2.11. The molecule has 4 nitrogen and oxygen atoms in total. The number of hydroxylamine groups is 2. The zero-order valence-corrected chi connectivity index (χ0v) is 5.73. The first-order chi connectivity index (χ1) is 4.29. The highest BCUT2D eigenvalue weighted by Crippen LogP contribution is 2.07. The lowest BCUT2D eigenvalue weighted by Gasteiger charge is -2.14. The number of nitrogens with zero attached hydrogens (tertiary/aromatic N) is 1. The van der Waals surface area contributed by atoms with Crippen LogP contribution in [0.2, 0.25) is 0 Å². The summed E-state index contributed by atoms with van der Waals surface area (Å²) in [5.41, 5.74) is 0. The number of hydrogen-bond donors (Lipinski definition) is 0. The van der Waals surface area contributed by atoms with Crippen molar-refractivity contribution in [3.8, 4) is 0 Å². The van der Waals surface area contributed by atoms with E-state index in [2.05, 4.69) is 4.28 Å². The van der Waals surface area contributed by atoms with Gasteiger partial charge in [0.15, 0.2) is 0 Å². The van der Waals surface area contributed by atoms with Crippen LogP contribution in [-0.4, -0.2) is 26.9 Å². The maximum Gasteiger partial charge on any atom is 0.106 e. The van der Waals surface area contributed by atoms with E-state index in [1.165, 1.54) is 5.06 Å². The molecule has 1 fully saturated rings. The Labute approximate surface area is 56.2 Å². The summed E-state index contributed by atoms with van der Waals surface area (Å²) in [6.45, 7) is 1.46. The fourth-order valence-corrected chi connectivity index (χ4v) is 1.17. The molecule has 0 amide bonds. The van der Waals surface area contributed by atoms with Crippen LogP contribution in [-0.2, 0) is 15.6 Å². The zero-order valence-electron chi connectivity index (χ0n) is 4.91. The van der Waals surface area contributed by atoms with Gasteiger partial charge in [0, 0.05) is 13.1 Å². The topological polar surface area (TPSA) is 52.6 Å². The molecule has 0 bridgehead atoms. The van der Waals surface area contributed by atoms with Crippen molar-refractivity contribution >= 4 is 11.4 Å². The van der Waals surface area contributed by atoms with Gasteiger partial charge in [0.05, 0.1) is 0 Å². The highest BCUT2D eigenvalue weighted by molar-refractivity contribution is 7.74. The van der Waals surface area contributed by atoms with E-state index in [-0.39, 0.29) is 0 Å². The summed E-state index contributed by atoms with van der Waals surface area (Å²) in [5.74, 6) is 0. The van der Waals surface area contributed by atoms with Crippen LogP contribution in [0.1, 0.15) is 12.8 Å². The molecule has 54 valence electrons. The van der Waals surface area contributed by atoms with Crippen LogP contribution >= 0.6 is 0 Å². The van der Waals surface area contributed by atoms with Gasteiger partial charge in [-0.05, 0) is 12.8 Å². The summed E-state index contributed by atoms with van der Waals surface area (Å²) in [4.78, 5) is 0. The minimum atomic E-state index is -2.38. The first kappa shape index (κ1) is 7.14. The van der Waals surface area contributed by atoms with Gasteiger partial charge in [-0.3, -0.25) is 0 Å². The average Bonchev–Trinajstić information content (AvgIpc) is 2.15. The van der Waals surface area contributed by atoms with Crippen LogP contribution < -0.4 is 0 Å². The van der Waals surface area contributed by atoms with Crippen LogP contribution in [0.4, 0.5) is 0 Å². The Morgan fingerprint density at radius 3 is 2.44 bits per heavy atom. The minimum Gasteiger partial charge on any atom is -0.748 e. The SMILES string of the molecule is O=S([O-])ON1CCCC1. The van der Waals surface area contributed by atoms with Gasteiger partial charge in [0.2, 0.25) is 0 Å². The van der Waals surface area contributed by atoms with E-state index in [0.717, 1.165) is 25.9 Å². The number of rotatable bonds is 2. The van der Waals surface area contributed by atoms with Gasteiger partial charge in [-0.15, -0.1) is 0 Å². The first-order valence-corrected chi connectivity index (χ1v) is 3.82. The van der Waals surface area contributed by atoms with Crippen molar-refractivity contribution in [3.63, 3.8) is 0 Å². The molecular weight excluding hydrogens is 142 g/mol. The normalized spacial score (nSPS) is 24.6. The average molecular weight is 150 g/mol. The summed E-state index contributed by atoms with van der Waals surface area (Å²) in [6, 6.07) is 0. The monoisotopic (exact) mass is 150 g/mol. The van der Waals surface area contributed by atoms with Gasteiger partial charge < -0.3 is 4.55 Å². The maximum atomic E-state index is 9.89. The van der Waals surface area contributed by atoms with Crippen LogP contribution in [0.3, 0.4) is 0 Å². The summed E-state index contributed by atoms with van der Waals surface area (Å²) < 4.78 is 24.1. The molecule has 1 heterocycles. The second-order valence-corrected chi connectivity index (χ2v) is 2.47. The van der Waals surface area contributed by atoms with Gasteiger partial charge in [-0.1, -0.05) is 0 Å². The van der Waals surface area contributed by atoms with E-state index in [0.29, 0.717) is 0 Å². The molecule has 0 saturated carbocycles. The third kappa shape index (κ3) is 2.40. The third-order valence-electron chi connectivity index (χ3n) is 1.23. The van der Waals surface area contributed by atoms with E-state index >= 15 is 0 Å². The van der Waals surface area contributed by atoms with Crippen LogP contribution in [0, 0.1) is 0 Å². The quantitative estimate of drug-likeness (QED) is 0.512. The van der Waals surface area contributed by atoms with Crippen LogP contribution in [0.15, 0.2) is 0 Å². The minimum absolute atomic E-state index is 0.730. The number of hydrogen-bond acceptors (Lipinski definition) is 4. The molecule has 0 aliphatic carbocycles. The third-order valence-corrected chi connectivity index (χ3v) is 1.56. The summed E-state index contributed by atoms with van der Waals surface area (Å²) in [5, 5.41) is 1.45. The summed E-state index contributed by atoms with van der Waals surface area (Å²) >= 11 is -2.38. The lowest BCUT2D eigenvalue weighted by molar-refractivity contribution is -0.0295. The Balaban J connectivity index is 2.19. The molecule has 0 aromatic rings. The second kappa shape index (κ2) is 3.26. The molecule has 1 rings (SSSR count). The van der Waals surface area contributed by atoms with Crippen LogP contribution in [0.5, 0.6) is 0 Å². The Morgan fingerprint density at radius 2 is 2.00 bits per heavy atom. The molecule has 1 atom stereocenters. The molecule has 0 aromatic heterocycles. The van der Waals surface area contributed by atoms with Crippen molar-refractivity contribution in [3.05, 3.63) is 0 Å². The van der Waals surface area contributed by atoms with Crippen LogP contribution in [0.25, 0.3) is 0 Å². The standard InChI is InChI=1S/C4H9NO3S/c6-9(7)8-5-3-1-2-4-5/h1-4H2,(H,6,7)/p-1. The van der Waals surface area contributed by atoms with E-state index in [1.54, 1.807) is 0 Å². The van der Waals surface area contributed by atoms with Gasteiger partial charge in [0.25, 0.3) is 0 Å². The van der Waals surface area contributed by atoms with Crippen molar-refractivity contribution in [1.82, 2.24) is 5.06 Å². The summed E-state index contributed by atoms with van der Waals surface area (Å²) in [7, 11) is 0. The fraction of sp³-hybridized carbons (Fsp3) is 1.00. The molecule has 0 N–H and O–H groups in total. The Hall–Kier alpha value is 0.0300. The van der Waals surface area contributed by atoms with Crippen molar-refractivity contribution < 1.29 is 13.0 Å². The molecular formula is C4H8NO3S-. The molecule has 1 aliphatic heterocycles. The molecule has 0 radical (unpaired) electrons. The van der Waals surface area contributed by atoms with E-state index in [4.69, 9.17) is 0 Å². The fourth-order valence-electron chi connectivity index (χ4n) is 0.849. The summed E-state index contributed by atoms with van der Waals surface area (Å²) in [6.07, 6.45) is 2.05. The Bertz CT molecular complexity index is 112. The van der Waals surface area contributed by atoms with Crippen molar-refractivity contribution in [2.24, 2.45) is 0 Å². The lowest BCUT2D eigenvalue weighted by Crippen LogP contribution is -2.20. The van der Waals surface area contributed by atoms with Crippen molar-refractivity contribution in [2.45, 2.75) is 12.8 Å². The van der Waals surface area contributed by atoms with Crippen molar-refractivity contribution in [1.29, 1.82) is 0 Å². The predicted octanol–water partition coefficient (Wildman–Crippen LogP) is -0.192. The zero-order chi connectivity index (χ0) is 6.69. The first-order valence-electron chi connectivity index (χ1n) is 2.82. The molecule has 0 aromatic carbocycles. The second-order valence-electron chi connectivity index (χ2n) is 1.91. The Kier molecular flexibility index (Phi) is 2.59. The highest BCUT2D eigenvalue weighted by atomic mass is 32.2. The molecule has 9 heavy (non-hydrogen) atoms. The van der Waals surface area contributed by atoms with Gasteiger partial charge in [-0.2, -0.15) is 5.06 Å². The predicted molar refractivity (Wildman–Crippen MR) is 30.8 cm³/mol. The van der Waals surface area contributed by atoms with E-state index in [9.17, 15) is 8.76 Å². The molecule has 5 heteroatoms. The smallest absolute Gasteiger partial charge is 0.106 e. The maximum absolute atomic E-state index is 9.89. The molecule has 1 saturated heterocycles. The largest absolute Gasteiger partial charge is 0.748 e. The van der Waals surface area contributed by atoms with Gasteiger partial charge >= 0.3 is 0 Å².